The summed E-state index contributed by atoms with van der Waals surface area (Å²) >= 11 is 0. The third-order valence-electron chi connectivity index (χ3n) is 5.74. The molecule has 2 aromatic rings. The van der Waals surface area contributed by atoms with E-state index < -0.39 is 15.9 Å². The highest BCUT2D eigenvalue weighted by atomic mass is 32.2. The van der Waals surface area contributed by atoms with Crippen LogP contribution < -0.4 is 10.0 Å². The molecule has 2 aliphatic rings. The summed E-state index contributed by atoms with van der Waals surface area (Å²) in [7, 11) is -3.82. The molecule has 2 N–H and O–H groups in total. The number of nitrogens with zero attached hydrogens (tertiary/aromatic N) is 2. The highest BCUT2D eigenvalue weighted by molar-refractivity contribution is 7.90. The minimum atomic E-state index is -3.82. The minimum absolute atomic E-state index is 0.0348. The molecule has 10 heteroatoms. The fourth-order valence-electron chi connectivity index (χ4n) is 3.86. The predicted octanol–water partition coefficient (Wildman–Crippen LogP) is 2.84. The Morgan fingerprint density at radius 1 is 0.941 bits per heavy atom. The van der Waals surface area contributed by atoms with Crippen LogP contribution in [0.2, 0.25) is 0 Å². The number of sulfonamides is 1. The zero-order chi connectivity index (χ0) is 24.1. The Labute approximate surface area is 198 Å². The van der Waals surface area contributed by atoms with Crippen molar-refractivity contribution in [2.24, 2.45) is 4.99 Å². The second-order valence-electron chi connectivity index (χ2n) is 8.30. The molecule has 1 saturated heterocycles. The molecular formula is C24H26N4O5S. The number of hydrogen-bond acceptors (Lipinski definition) is 6. The number of amides is 3. The van der Waals surface area contributed by atoms with E-state index >= 15 is 0 Å². The fraction of sp³-hybridized carbons (Fsp3) is 0.333. The van der Waals surface area contributed by atoms with E-state index in [4.69, 9.17) is 0 Å². The number of amidine groups is 1. The van der Waals surface area contributed by atoms with Crippen molar-refractivity contribution in [1.29, 1.82) is 0 Å². The lowest BCUT2D eigenvalue weighted by atomic mass is 10.1. The molecule has 0 aliphatic carbocycles. The molecule has 2 aromatic carbocycles. The molecule has 0 atom stereocenters. The molecule has 0 spiro atoms. The molecular weight excluding hydrogens is 456 g/mol. The number of rotatable bonds is 6. The third kappa shape index (κ3) is 5.69. The predicted molar refractivity (Wildman–Crippen MR) is 127 cm³/mol. The lowest BCUT2D eigenvalue weighted by Crippen LogP contribution is -2.30. The van der Waals surface area contributed by atoms with Gasteiger partial charge < -0.3 is 5.32 Å². The number of likely N-dealkylation sites (tertiary alicyclic amines) is 1. The molecule has 178 valence electrons. The van der Waals surface area contributed by atoms with E-state index in [0.717, 1.165) is 24.8 Å². The van der Waals surface area contributed by atoms with Gasteiger partial charge in [0.2, 0.25) is 11.8 Å². The Bertz CT molecular complexity index is 1220. The highest BCUT2D eigenvalue weighted by Gasteiger charge is 2.28. The normalized spacial score (nSPS) is 16.7. The molecule has 0 radical (unpaired) electrons. The summed E-state index contributed by atoms with van der Waals surface area (Å²) in [5.74, 6) is -0.329. The summed E-state index contributed by atoms with van der Waals surface area (Å²) < 4.78 is 28.1. The summed E-state index contributed by atoms with van der Waals surface area (Å²) in [6.07, 6.45) is 3.91. The molecule has 3 amide bonds. The molecule has 0 bridgehead atoms. The van der Waals surface area contributed by atoms with Gasteiger partial charge in [-0.1, -0.05) is 24.6 Å². The number of imide groups is 1. The van der Waals surface area contributed by atoms with E-state index in [0.29, 0.717) is 30.1 Å². The van der Waals surface area contributed by atoms with Gasteiger partial charge in [0.15, 0.2) is 0 Å². The van der Waals surface area contributed by atoms with E-state index in [1.165, 1.54) is 17.0 Å². The number of nitrogens with one attached hydrogen (secondary N) is 2. The first kappa shape index (κ1) is 23.6. The number of carbonyl (C=O) groups excluding carboxylic acids is 3. The maximum Gasteiger partial charge on any atom is 0.262 e. The lowest BCUT2D eigenvalue weighted by molar-refractivity contribution is -0.139. The van der Waals surface area contributed by atoms with Crippen LogP contribution in [0.3, 0.4) is 0 Å². The van der Waals surface area contributed by atoms with Gasteiger partial charge in [0.25, 0.3) is 15.9 Å². The molecule has 2 heterocycles. The van der Waals surface area contributed by atoms with Crippen LogP contribution in [0.25, 0.3) is 0 Å². The number of benzene rings is 2. The molecule has 34 heavy (non-hydrogen) atoms. The number of hydrogen-bond donors (Lipinski definition) is 2. The van der Waals surface area contributed by atoms with Crippen LogP contribution in [0.15, 0.2) is 58.4 Å². The first-order valence-corrected chi connectivity index (χ1v) is 12.7. The summed E-state index contributed by atoms with van der Waals surface area (Å²) in [6.45, 7) is 0.787. The van der Waals surface area contributed by atoms with Crippen molar-refractivity contribution in [3.8, 4) is 0 Å². The van der Waals surface area contributed by atoms with Crippen LogP contribution in [-0.2, 0) is 26.2 Å². The number of anilines is 1. The Kier molecular flexibility index (Phi) is 7.06. The molecule has 1 fully saturated rings. The smallest absolute Gasteiger partial charge is 0.262 e. The van der Waals surface area contributed by atoms with Gasteiger partial charge in [-0.3, -0.25) is 29.0 Å². The van der Waals surface area contributed by atoms with Gasteiger partial charge in [0, 0.05) is 37.1 Å². The summed E-state index contributed by atoms with van der Waals surface area (Å²) in [6, 6.07) is 12.6. The second kappa shape index (κ2) is 10.2. The molecule has 0 saturated carbocycles. The first-order valence-electron chi connectivity index (χ1n) is 11.2. The van der Waals surface area contributed by atoms with Crippen LogP contribution in [0, 0.1) is 0 Å². The highest BCUT2D eigenvalue weighted by Crippen LogP contribution is 2.19. The summed E-state index contributed by atoms with van der Waals surface area (Å²) in [5, 5.41) is 2.71. The Balaban J connectivity index is 1.41. The molecule has 2 aliphatic heterocycles. The van der Waals surface area contributed by atoms with Gasteiger partial charge in [-0.2, -0.15) is 0 Å². The third-order valence-corrected chi connectivity index (χ3v) is 7.12. The molecule has 4 rings (SSSR count). The minimum Gasteiger partial charge on any atom is -0.322 e. The fourth-order valence-corrected chi connectivity index (χ4v) is 4.99. The summed E-state index contributed by atoms with van der Waals surface area (Å²) in [4.78, 5) is 41.8. The average molecular weight is 483 g/mol. The lowest BCUT2D eigenvalue weighted by Gasteiger charge is -2.14. The van der Waals surface area contributed by atoms with E-state index in [1.807, 2.05) is 0 Å². The Hall–Kier alpha value is -3.53. The van der Waals surface area contributed by atoms with E-state index in [-0.39, 0.29) is 36.1 Å². The van der Waals surface area contributed by atoms with Crippen LogP contribution >= 0.6 is 0 Å². The van der Waals surface area contributed by atoms with Crippen molar-refractivity contribution < 1.29 is 22.8 Å². The zero-order valence-corrected chi connectivity index (χ0v) is 19.4. The number of aliphatic imine (C=N–C) groups is 1. The topological polar surface area (TPSA) is 125 Å². The Morgan fingerprint density at radius 3 is 2.41 bits per heavy atom. The maximum absolute atomic E-state index is 12.8. The average Bonchev–Trinajstić information content (AvgIpc) is 2.99. The van der Waals surface area contributed by atoms with E-state index in [2.05, 4.69) is 15.0 Å². The van der Waals surface area contributed by atoms with Crippen LogP contribution in [0.4, 0.5) is 5.69 Å². The van der Waals surface area contributed by atoms with Gasteiger partial charge in [0.05, 0.1) is 11.4 Å². The van der Waals surface area contributed by atoms with Crippen LogP contribution in [0.5, 0.6) is 0 Å². The maximum atomic E-state index is 12.8. The SMILES string of the molecule is O=C(Nc1cccc(S(=O)(=O)NC2=NCCCCC2)c1)c1ccc(CN2C(=O)CCC2=O)cc1. The summed E-state index contributed by atoms with van der Waals surface area (Å²) in [5.41, 5.74) is 1.44. The van der Waals surface area contributed by atoms with Crippen molar-refractivity contribution in [1.82, 2.24) is 9.62 Å². The van der Waals surface area contributed by atoms with Gasteiger partial charge in [-0.25, -0.2) is 8.42 Å². The quantitative estimate of drug-likeness (QED) is 0.613. The van der Waals surface area contributed by atoms with Gasteiger partial charge in [-0.15, -0.1) is 0 Å². The van der Waals surface area contributed by atoms with Gasteiger partial charge in [-0.05, 0) is 48.7 Å². The number of carbonyl (C=O) groups is 3. The van der Waals surface area contributed by atoms with Crippen molar-refractivity contribution >= 4 is 39.3 Å². The van der Waals surface area contributed by atoms with Crippen LogP contribution in [0.1, 0.15) is 54.4 Å². The van der Waals surface area contributed by atoms with Gasteiger partial charge >= 0.3 is 0 Å². The first-order chi connectivity index (χ1) is 16.3. The largest absolute Gasteiger partial charge is 0.322 e. The monoisotopic (exact) mass is 482 g/mol. The van der Waals surface area contributed by atoms with Crippen molar-refractivity contribution in [2.45, 2.75) is 50.0 Å². The van der Waals surface area contributed by atoms with Crippen molar-refractivity contribution in [3.05, 3.63) is 59.7 Å². The zero-order valence-electron chi connectivity index (χ0n) is 18.6. The molecule has 0 aromatic heterocycles. The van der Waals surface area contributed by atoms with Crippen molar-refractivity contribution in [3.63, 3.8) is 0 Å². The standard InChI is InChI=1S/C24H26N4O5S/c29-22-12-13-23(30)28(22)16-17-8-10-18(11-9-17)24(31)26-19-5-4-6-20(15-19)34(32,33)27-21-7-2-1-3-14-25-21/h4-6,8-11,15H,1-3,7,12-14,16H2,(H,25,27)(H,26,31). The Morgan fingerprint density at radius 2 is 1.68 bits per heavy atom. The van der Waals surface area contributed by atoms with E-state index in [1.54, 1.807) is 36.4 Å². The van der Waals surface area contributed by atoms with Crippen LogP contribution in [-0.4, -0.2) is 43.4 Å². The van der Waals surface area contributed by atoms with E-state index in [9.17, 15) is 22.8 Å². The van der Waals surface area contributed by atoms with Crippen molar-refractivity contribution in [2.75, 3.05) is 11.9 Å². The molecule has 0 unspecified atom stereocenters. The molecule has 9 nitrogen and oxygen atoms in total. The second-order valence-corrected chi connectivity index (χ2v) is 9.98. The van der Waals surface area contributed by atoms with Gasteiger partial charge in [0.1, 0.15) is 5.84 Å².